The average Bonchev–Trinajstić information content (AvgIpc) is 3.12. The zero-order valence-electron chi connectivity index (χ0n) is 13.9. The van der Waals surface area contributed by atoms with Gasteiger partial charge in [-0.3, -0.25) is 4.40 Å². The number of hydrogen-bond donors (Lipinski definition) is 0. The highest BCUT2D eigenvalue weighted by Crippen LogP contribution is 2.24. The van der Waals surface area contributed by atoms with E-state index in [1.807, 2.05) is 24.3 Å². The van der Waals surface area contributed by atoms with E-state index < -0.39 is 6.43 Å². The number of aromatic nitrogens is 5. The average molecular weight is 362 g/mol. The Bertz CT molecular complexity index is 1160. The first-order valence-electron chi connectivity index (χ1n) is 8.06. The molecule has 0 unspecified atom stereocenters. The molecule has 0 spiro atoms. The van der Waals surface area contributed by atoms with Crippen molar-refractivity contribution < 1.29 is 8.78 Å². The third-order valence-electron chi connectivity index (χ3n) is 4.03. The summed E-state index contributed by atoms with van der Waals surface area (Å²) in [5.41, 5.74) is 2.97. The summed E-state index contributed by atoms with van der Waals surface area (Å²) in [6.45, 7) is 0. The maximum Gasteiger partial charge on any atom is 0.281 e. The van der Waals surface area contributed by atoms with Crippen LogP contribution in [-0.4, -0.2) is 24.3 Å². The van der Waals surface area contributed by atoms with Crippen LogP contribution >= 0.6 is 0 Å². The summed E-state index contributed by atoms with van der Waals surface area (Å²) >= 11 is 0. The number of benzene rings is 1. The molecule has 0 aliphatic rings. The predicted octanol–water partition coefficient (Wildman–Crippen LogP) is 3.86. The van der Waals surface area contributed by atoms with Gasteiger partial charge in [-0.2, -0.15) is 5.26 Å². The van der Waals surface area contributed by atoms with Crippen molar-refractivity contribution in [2.24, 2.45) is 0 Å². The maximum atomic E-state index is 13.0. The molecule has 6 nitrogen and oxygen atoms in total. The number of imidazole rings is 1. The lowest BCUT2D eigenvalue weighted by Crippen LogP contribution is -1.99. The summed E-state index contributed by atoms with van der Waals surface area (Å²) in [5.74, 6) is 0.358. The van der Waals surface area contributed by atoms with Crippen molar-refractivity contribution in [2.75, 3.05) is 0 Å². The topological polar surface area (TPSA) is 79.8 Å². The smallest absolute Gasteiger partial charge is 0.281 e. The van der Waals surface area contributed by atoms with Crippen LogP contribution in [0, 0.1) is 11.3 Å². The summed E-state index contributed by atoms with van der Waals surface area (Å²) < 4.78 is 27.4. The molecule has 27 heavy (non-hydrogen) atoms. The van der Waals surface area contributed by atoms with Gasteiger partial charge in [0.25, 0.3) is 6.43 Å². The summed E-state index contributed by atoms with van der Waals surface area (Å²) in [5, 5.41) is 8.87. The number of fused-ring (bicyclic) bond motifs is 1. The van der Waals surface area contributed by atoms with Crippen LogP contribution in [0.4, 0.5) is 8.78 Å². The van der Waals surface area contributed by atoms with Gasteiger partial charge in [-0.15, -0.1) is 0 Å². The lowest BCUT2D eigenvalue weighted by molar-refractivity contribution is 0.145. The minimum Gasteiger partial charge on any atom is -0.294 e. The van der Waals surface area contributed by atoms with Crippen LogP contribution < -0.4 is 0 Å². The Balaban J connectivity index is 1.79. The normalized spacial score (nSPS) is 11.0. The first-order chi connectivity index (χ1) is 13.2. The molecule has 4 aromatic rings. The van der Waals surface area contributed by atoms with E-state index in [0.29, 0.717) is 29.3 Å². The van der Waals surface area contributed by atoms with E-state index in [9.17, 15) is 8.78 Å². The van der Waals surface area contributed by atoms with Crippen LogP contribution in [0.2, 0.25) is 0 Å². The SMILES string of the molecule is N#CCc1cccc(-c2ccnc(-c3cnc4cnc(C(F)F)cn34)n2)c1. The van der Waals surface area contributed by atoms with E-state index in [2.05, 4.69) is 26.0 Å². The highest BCUT2D eigenvalue weighted by atomic mass is 19.3. The van der Waals surface area contributed by atoms with Crippen LogP contribution in [0.3, 0.4) is 0 Å². The third kappa shape index (κ3) is 3.22. The first-order valence-corrected chi connectivity index (χ1v) is 8.06. The minimum absolute atomic E-state index is 0.308. The Hall–Kier alpha value is -3.73. The molecule has 1 aromatic carbocycles. The molecule has 0 bridgehead atoms. The van der Waals surface area contributed by atoms with Gasteiger partial charge in [-0.1, -0.05) is 18.2 Å². The molecule has 8 heteroatoms. The van der Waals surface area contributed by atoms with Gasteiger partial charge in [-0.05, 0) is 17.7 Å². The number of nitrogens with zero attached hydrogens (tertiary/aromatic N) is 6. The summed E-state index contributed by atoms with van der Waals surface area (Å²) in [6.07, 6.45) is 3.29. The molecule has 3 aromatic heterocycles. The molecule has 0 fully saturated rings. The van der Waals surface area contributed by atoms with Crippen molar-refractivity contribution >= 4 is 5.65 Å². The van der Waals surface area contributed by atoms with Crippen LogP contribution in [0.25, 0.3) is 28.4 Å². The van der Waals surface area contributed by atoms with Crippen molar-refractivity contribution in [3.05, 3.63) is 66.4 Å². The molecule has 0 atom stereocenters. The second-order valence-electron chi connectivity index (χ2n) is 5.79. The quantitative estimate of drug-likeness (QED) is 0.551. The van der Waals surface area contributed by atoms with Crippen molar-refractivity contribution in [2.45, 2.75) is 12.8 Å². The Morgan fingerprint density at radius 2 is 2.00 bits per heavy atom. The molecular weight excluding hydrogens is 350 g/mol. The van der Waals surface area contributed by atoms with Crippen LogP contribution in [0.1, 0.15) is 17.7 Å². The summed E-state index contributed by atoms with van der Waals surface area (Å²) in [7, 11) is 0. The second-order valence-corrected chi connectivity index (χ2v) is 5.79. The molecule has 0 saturated heterocycles. The molecule has 0 amide bonds. The molecular formula is C19H12F2N6. The third-order valence-corrected chi connectivity index (χ3v) is 4.03. The largest absolute Gasteiger partial charge is 0.294 e. The highest BCUT2D eigenvalue weighted by Gasteiger charge is 2.14. The van der Waals surface area contributed by atoms with E-state index >= 15 is 0 Å². The molecule has 4 rings (SSSR count). The number of halogens is 2. The Morgan fingerprint density at radius 1 is 1.11 bits per heavy atom. The van der Waals surface area contributed by atoms with Crippen molar-refractivity contribution in [3.8, 4) is 28.8 Å². The van der Waals surface area contributed by atoms with E-state index in [0.717, 1.165) is 11.1 Å². The van der Waals surface area contributed by atoms with E-state index in [4.69, 9.17) is 5.26 Å². The van der Waals surface area contributed by atoms with Crippen LogP contribution in [0.5, 0.6) is 0 Å². The van der Waals surface area contributed by atoms with Crippen molar-refractivity contribution in [1.29, 1.82) is 5.26 Å². The van der Waals surface area contributed by atoms with Gasteiger partial charge < -0.3 is 0 Å². The van der Waals surface area contributed by atoms with Gasteiger partial charge in [0.2, 0.25) is 0 Å². The van der Waals surface area contributed by atoms with E-state index in [1.165, 1.54) is 23.0 Å². The van der Waals surface area contributed by atoms with Gasteiger partial charge in [0.15, 0.2) is 11.5 Å². The zero-order chi connectivity index (χ0) is 18.8. The number of alkyl halides is 2. The monoisotopic (exact) mass is 362 g/mol. The fraction of sp³-hybridized carbons (Fsp3) is 0.105. The molecule has 3 heterocycles. The van der Waals surface area contributed by atoms with Crippen LogP contribution in [0.15, 0.2) is 55.1 Å². The molecule has 132 valence electrons. The van der Waals surface area contributed by atoms with Gasteiger partial charge in [0, 0.05) is 18.0 Å². The molecule has 0 aliphatic heterocycles. The van der Waals surface area contributed by atoms with E-state index in [1.54, 1.807) is 12.3 Å². The fourth-order valence-corrected chi connectivity index (χ4v) is 2.76. The van der Waals surface area contributed by atoms with Gasteiger partial charge in [0.1, 0.15) is 11.4 Å². The van der Waals surface area contributed by atoms with Crippen molar-refractivity contribution in [1.82, 2.24) is 24.3 Å². The fourth-order valence-electron chi connectivity index (χ4n) is 2.76. The second kappa shape index (κ2) is 6.88. The molecule has 0 N–H and O–H groups in total. The highest BCUT2D eigenvalue weighted by molar-refractivity contribution is 5.64. The standard InChI is InChI=1S/C19H12F2N6/c20-18(21)15-11-27-16(9-25-17(27)10-24-15)19-23-7-5-14(26-19)13-3-1-2-12(8-13)4-6-22/h1-3,5,7-11,18H,4H2. The molecule has 0 radical (unpaired) electrons. The lowest BCUT2D eigenvalue weighted by atomic mass is 10.1. The zero-order valence-corrected chi connectivity index (χ0v) is 13.9. The predicted molar refractivity (Wildman–Crippen MR) is 93.7 cm³/mol. The number of nitriles is 1. The molecule has 0 aliphatic carbocycles. The molecule has 0 saturated carbocycles. The summed E-state index contributed by atoms with van der Waals surface area (Å²) in [4.78, 5) is 16.7. The Morgan fingerprint density at radius 3 is 2.81 bits per heavy atom. The maximum absolute atomic E-state index is 13.0. The van der Waals surface area contributed by atoms with Gasteiger partial charge in [0.05, 0.1) is 30.6 Å². The minimum atomic E-state index is -2.68. The lowest BCUT2D eigenvalue weighted by Gasteiger charge is -2.06. The number of rotatable bonds is 4. The first kappa shape index (κ1) is 16.7. The summed E-state index contributed by atoms with van der Waals surface area (Å²) in [6, 6.07) is 11.4. The Labute approximate surface area is 152 Å². The van der Waals surface area contributed by atoms with Gasteiger partial charge in [-0.25, -0.2) is 28.7 Å². The van der Waals surface area contributed by atoms with Crippen molar-refractivity contribution in [3.63, 3.8) is 0 Å². The number of hydrogen-bond acceptors (Lipinski definition) is 5. The van der Waals surface area contributed by atoms with Crippen LogP contribution in [-0.2, 0) is 6.42 Å². The Kier molecular flexibility index (Phi) is 4.26. The van der Waals surface area contributed by atoms with Gasteiger partial charge >= 0.3 is 0 Å². The van der Waals surface area contributed by atoms with E-state index in [-0.39, 0.29) is 5.69 Å².